The molecule has 0 unspecified atom stereocenters. The summed E-state index contributed by atoms with van der Waals surface area (Å²) < 4.78 is 0. The van der Waals surface area contributed by atoms with Crippen molar-refractivity contribution < 1.29 is 15.0 Å². The molecule has 0 aromatic carbocycles. The highest BCUT2D eigenvalue weighted by Crippen LogP contribution is 2.06. The first kappa shape index (κ1) is 18.7. The van der Waals surface area contributed by atoms with Crippen molar-refractivity contribution >= 4 is 5.97 Å². The van der Waals surface area contributed by atoms with Gasteiger partial charge >= 0.3 is 5.97 Å². The van der Waals surface area contributed by atoms with Crippen LogP contribution in [0.25, 0.3) is 0 Å². The van der Waals surface area contributed by atoms with Crippen molar-refractivity contribution in [1.29, 1.82) is 0 Å². The van der Waals surface area contributed by atoms with Gasteiger partial charge in [0.25, 0.3) is 0 Å². The van der Waals surface area contributed by atoms with Crippen LogP contribution in [0.15, 0.2) is 0 Å². The maximum absolute atomic E-state index is 10.3. The molecule has 0 amide bonds. The Labute approximate surface area is 127 Å². The Kier molecular flexibility index (Phi) is 12.5. The predicted molar refractivity (Wildman–Crippen MR) is 82.7 cm³/mol. The summed E-state index contributed by atoms with van der Waals surface area (Å²) in [5.74, 6) is 20.1. The lowest BCUT2D eigenvalue weighted by atomic mass is 10.1. The first-order valence-electron chi connectivity index (χ1n) is 7.01. The van der Waals surface area contributed by atoms with E-state index >= 15 is 0 Å². The van der Waals surface area contributed by atoms with Crippen LogP contribution in [0.5, 0.6) is 0 Å². The maximum atomic E-state index is 10.3. The van der Waals surface area contributed by atoms with Gasteiger partial charge in [-0.3, -0.25) is 4.79 Å². The fourth-order valence-corrected chi connectivity index (χ4v) is 1.39. The second-order valence-electron chi connectivity index (χ2n) is 4.41. The molecule has 0 heterocycles. The summed E-state index contributed by atoms with van der Waals surface area (Å²) in [6, 6.07) is 0. The molecule has 110 valence electrons. The fourth-order valence-electron chi connectivity index (χ4n) is 1.39. The van der Waals surface area contributed by atoms with Gasteiger partial charge < -0.3 is 10.2 Å². The molecule has 2 N–H and O–H groups in total. The molecule has 0 spiro atoms. The van der Waals surface area contributed by atoms with Crippen molar-refractivity contribution in [2.24, 2.45) is 0 Å². The van der Waals surface area contributed by atoms with Crippen LogP contribution in [-0.4, -0.2) is 22.3 Å². The van der Waals surface area contributed by atoms with Crippen molar-refractivity contribution in [2.75, 3.05) is 0 Å². The van der Waals surface area contributed by atoms with Gasteiger partial charge in [-0.25, -0.2) is 0 Å². The van der Waals surface area contributed by atoms with Crippen LogP contribution in [-0.2, 0) is 4.79 Å². The van der Waals surface area contributed by atoms with E-state index in [4.69, 9.17) is 10.2 Å². The number of carboxylic acid groups (broad SMARTS) is 1. The number of aliphatic hydroxyl groups excluding tert-OH is 1. The lowest BCUT2D eigenvalue weighted by Gasteiger charge is -1.96. The molecule has 0 aliphatic carbocycles. The molecule has 0 aliphatic heterocycles. The maximum Gasteiger partial charge on any atom is 0.303 e. The Morgan fingerprint density at radius 3 is 2.14 bits per heavy atom. The smallest absolute Gasteiger partial charge is 0.303 e. The molecule has 0 fully saturated rings. The molecule has 0 radical (unpaired) electrons. The number of aliphatic carboxylic acids is 1. The third kappa shape index (κ3) is 17.7. The number of carboxylic acids is 1. The van der Waals surface area contributed by atoms with E-state index in [1.54, 1.807) is 6.92 Å². The normalized spacial score (nSPS) is 9.43. The average molecular weight is 284 g/mol. The van der Waals surface area contributed by atoms with Gasteiger partial charge in [0.2, 0.25) is 0 Å². The van der Waals surface area contributed by atoms with E-state index in [2.05, 4.69) is 47.4 Å². The van der Waals surface area contributed by atoms with Gasteiger partial charge in [-0.05, 0) is 55.3 Å². The zero-order valence-corrected chi connectivity index (χ0v) is 12.3. The number of aliphatic hydroxyl groups is 1. The molecular weight excluding hydrogens is 264 g/mol. The average Bonchev–Trinajstić information content (AvgIpc) is 2.42. The minimum Gasteiger partial charge on any atom is -0.481 e. The van der Waals surface area contributed by atoms with E-state index in [0.29, 0.717) is 0 Å². The third-order valence-electron chi connectivity index (χ3n) is 2.37. The minimum absolute atomic E-state index is 0.262. The van der Waals surface area contributed by atoms with Crippen molar-refractivity contribution in [3.05, 3.63) is 0 Å². The molecule has 0 aromatic heterocycles. The van der Waals surface area contributed by atoms with Crippen LogP contribution < -0.4 is 0 Å². The third-order valence-corrected chi connectivity index (χ3v) is 2.37. The quantitative estimate of drug-likeness (QED) is 0.556. The Hall–Kier alpha value is -2.33. The van der Waals surface area contributed by atoms with Gasteiger partial charge in [0.1, 0.15) is 6.10 Å². The van der Waals surface area contributed by atoms with E-state index in [9.17, 15) is 4.79 Å². The topological polar surface area (TPSA) is 57.5 Å². The minimum atomic E-state index is -0.723. The molecule has 0 aromatic rings. The Morgan fingerprint density at radius 2 is 1.48 bits per heavy atom. The van der Waals surface area contributed by atoms with Crippen LogP contribution in [0.2, 0.25) is 0 Å². The molecule has 0 bridgehead atoms. The summed E-state index contributed by atoms with van der Waals surface area (Å²) >= 11 is 0. The Balaban J connectivity index is 3.59. The van der Waals surface area contributed by atoms with Crippen molar-refractivity contribution in [1.82, 2.24) is 0 Å². The first-order chi connectivity index (χ1) is 10.1. The molecule has 1 atom stereocenters. The lowest BCUT2D eigenvalue weighted by molar-refractivity contribution is -0.137. The van der Waals surface area contributed by atoms with Crippen LogP contribution >= 0.6 is 0 Å². The van der Waals surface area contributed by atoms with Crippen LogP contribution in [0.3, 0.4) is 0 Å². The summed E-state index contributed by atoms with van der Waals surface area (Å²) in [4.78, 5) is 10.3. The summed E-state index contributed by atoms with van der Waals surface area (Å²) in [7, 11) is 0. The molecule has 0 aliphatic rings. The number of hydrogen-bond acceptors (Lipinski definition) is 2. The summed E-state index contributed by atoms with van der Waals surface area (Å²) in [5.41, 5.74) is 0. The Morgan fingerprint density at radius 1 is 0.905 bits per heavy atom. The van der Waals surface area contributed by atoms with E-state index in [0.717, 1.165) is 38.5 Å². The Bertz CT molecular complexity index is 542. The molecule has 21 heavy (non-hydrogen) atoms. The second-order valence-corrected chi connectivity index (χ2v) is 4.41. The number of unbranched alkanes of at least 4 members (excludes halogenated alkanes) is 5. The molecule has 3 nitrogen and oxygen atoms in total. The van der Waals surface area contributed by atoms with Crippen LogP contribution in [0, 0.1) is 47.4 Å². The highest BCUT2D eigenvalue weighted by atomic mass is 16.4. The first-order valence-corrected chi connectivity index (χ1v) is 7.01. The number of hydrogen-bond donors (Lipinski definition) is 2. The molecule has 0 rings (SSSR count). The summed E-state index contributed by atoms with van der Waals surface area (Å²) in [6.45, 7) is 1.57. The van der Waals surface area contributed by atoms with Gasteiger partial charge in [-0.2, -0.15) is 0 Å². The molecule has 0 saturated heterocycles. The highest BCUT2D eigenvalue weighted by molar-refractivity contribution is 5.66. The predicted octanol–water partition coefficient (Wildman–Crippen LogP) is 2.20. The van der Waals surface area contributed by atoms with Gasteiger partial charge in [0.15, 0.2) is 0 Å². The van der Waals surface area contributed by atoms with E-state index in [1.807, 2.05) is 0 Å². The van der Waals surface area contributed by atoms with Crippen LogP contribution in [0.1, 0.15) is 51.9 Å². The monoisotopic (exact) mass is 284 g/mol. The lowest BCUT2D eigenvalue weighted by Crippen LogP contribution is -1.93. The van der Waals surface area contributed by atoms with E-state index in [-0.39, 0.29) is 6.42 Å². The molecular formula is C18H20O3. The number of carbonyl (C=O) groups is 1. The SMILES string of the molecule is C[C@H](O)C#CC#CC#CC#CCCCCCCCC(=O)O. The highest BCUT2D eigenvalue weighted by Gasteiger charge is 1.95. The van der Waals surface area contributed by atoms with Gasteiger partial charge in [0.05, 0.1) is 0 Å². The van der Waals surface area contributed by atoms with Gasteiger partial charge in [0, 0.05) is 12.8 Å². The van der Waals surface area contributed by atoms with E-state index < -0.39 is 12.1 Å². The van der Waals surface area contributed by atoms with Crippen molar-refractivity contribution in [3.63, 3.8) is 0 Å². The van der Waals surface area contributed by atoms with Crippen molar-refractivity contribution in [2.45, 2.75) is 58.0 Å². The standard InChI is InChI=1S/C18H20O3/c1-17(19)15-13-11-9-7-5-3-2-4-6-8-10-12-14-16-18(20)21/h17,19H,4,6,8,10,12,14,16H2,1H3,(H,20,21)/t17-/m0/s1. The van der Waals surface area contributed by atoms with Crippen molar-refractivity contribution in [3.8, 4) is 47.4 Å². The molecule has 3 heteroatoms. The summed E-state index contributed by atoms with van der Waals surface area (Å²) in [5, 5.41) is 17.3. The fraction of sp³-hybridized carbons (Fsp3) is 0.500. The van der Waals surface area contributed by atoms with Gasteiger partial charge in [-0.15, -0.1) is 0 Å². The second kappa shape index (κ2) is 14.1. The largest absolute Gasteiger partial charge is 0.481 e. The van der Waals surface area contributed by atoms with Gasteiger partial charge in [-0.1, -0.05) is 31.1 Å². The zero-order valence-electron chi connectivity index (χ0n) is 12.3. The molecule has 0 saturated carbocycles. The van der Waals surface area contributed by atoms with E-state index in [1.165, 1.54) is 0 Å². The van der Waals surface area contributed by atoms with Crippen LogP contribution in [0.4, 0.5) is 0 Å². The number of rotatable bonds is 7. The zero-order chi connectivity index (χ0) is 15.8. The summed E-state index contributed by atoms with van der Waals surface area (Å²) in [6.07, 6.45) is 5.22.